The van der Waals surface area contributed by atoms with Gasteiger partial charge in [-0.15, -0.1) is 0 Å². The molecule has 0 bridgehead atoms. The Balaban J connectivity index is 2.67. The molecule has 1 heterocycles. The van der Waals surface area contributed by atoms with Crippen LogP contribution in [0.5, 0.6) is 0 Å². The zero-order valence-electron chi connectivity index (χ0n) is 10.7. The molecule has 108 valence electrons. The maximum Gasteiger partial charge on any atom is 0.433 e. The maximum atomic E-state index is 13.2. The highest BCUT2D eigenvalue weighted by atomic mass is 19.4. The summed E-state index contributed by atoms with van der Waals surface area (Å²) in [5.41, 5.74) is 4.77. The molecule has 0 saturated heterocycles. The number of nitrogens with zero attached hydrogens (tertiary/aromatic N) is 2. The first-order valence-electron chi connectivity index (χ1n) is 5.96. The molecule has 0 spiro atoms. The number of benzene rings is 1. The van der Waals surface area contributed by atoms with Gasteiger partial charge in [-0.25, -0.2) is 9.07 Å². The largest absolute Gasteiger partial charge is 0.433 e. The van der Waals surface area contributed by atoms with Crippen LogP contribution in [-0.4, -0.2) is 16.3 Å². The summed E-state index contributed by atoms with van der Waals surface area (Å²) in [4.78, 5) is 0. The van der Waals surface area contributed by atoms with E-state index in [9.17, 15) is 17.6 Å². The van der Waals surface area contributed by atoms with Gasteiger partial charge in [0.15, 0.2) is 5.69 Å². The molecule has 0 saturated carbocycles. The molecule has 1 aromatic heterocycles. The van der Waals surface area contributed by atoms with E-state index in [1.807, 2.05) is 0 Å². The topological polar surface area (TPSA) is 43.8 Å². The third-order valence-electron chi connectivity index (χ3n) is 2.90. The van der Waals surface area contributed by atoms with Crippen LogP contribution in [0.2, 0.25) is 0 Å². The van der Waals surface area contributed by atoms with Crippen molar-refractivity contribution in [3.63, 3.8) is 0 Å². The fraction of sp³-hybridized carbons (Fsp3) is 0.308. The fourth-order valence-electron chi connectivity index (χ4n) is 2.09. The molecule has 2 aromatic rings. The van der Waals surface area contributed by atoms with Crippen LogP contribution < -0.4 is 5.73 Å². The van der Waals surface area contributed by atoms with E-state index in [4.69, 9.17) is 5.73 Å². The Morgan fingerprint density at radius 3 is 2.55 bits per heavy atom. The SMILES string of the molecule is Cc1nn(-c2cccc(F)c2)c(C(F)(F)F)c1CCN. The van der Waals surface area contributed by atoms with Crippen molar-refractivity contribution in [3.05, 3.63) is 47.0 Å². The third kappa shape index (κ3) is 2.67. The van der Waals surface area contributed by atoms with Crippen LogP contribution >= 0.6 is 0 Å². The number of nitrogens with two attached hydrogens (primary N) is 1. The normalized spacial score (nSPS) is 11.9. The second-order valence-electron chi connectivity index (χ2n) is 4.34. The van der Waals surface area contributed by atoms with E-state index in [0.717, 1.165) is 16.8 Å². The van der Waals surface area contributed by atoms with Gasteiger partial charge in [0.25, 0.3) is 0 Å². The highest BCUT2D eigenvalue weighted by molar-refractivity contribution is 5.39. The zero-order chi connectivity index (χ0) is 14.9. The smallest absolute Gasteiger partial charge is 0.330 e. The molecular weight excluding hydrogens is 274 g/mol. The molecule has 7 heteroatoms. The molecule has 0 aliphatic heterocycles. The molecule has 3 nitrogen and oxygen atoms in total. The van der Waals surface area contributed by atoms with Crippen molar-refractivity contribution in [2.45, 2.75) is 19.5 Å². The van der Waals surface area contributed by atoms with Gasteiger partial charge in [0, 0.05) is 5.56 Å². The first-order chi connectivity index (χ1) is 9.34. The van der Waals surface area contributed by atoms with Gasteiger partial charge < -0.3 is 5.73 Å². The molecule has 1 aromatic carbocycles. The summed E-state index contributed by atoms with van der Waals surface area (Å²) in [7, 11) is 0. The Kier molecular flexibility index (Phi) is 3.80. The van der Waals surface area contributed by atoms with E-state index in [0.29, 0.717) is 0 Å². The minimum absolute atomic E-state index is 0.0312. The van der Waals surface area contributed by atoms with Gasteiger partial charge in [0.1, 0.15) is 5.82 Å². The highest BCUT2D eigenvalue weighted by Gasteiger charge is 2.39. The van der Waals surface area contributed by atoms with E-state index in [1.54, 1.807) is 0 Å². The Hall–Kier alpha value is -1.89. The first-order valence-corrected chi connectivity index (χ1v) is 5.96. The predicted molar refractivity (Wildman–Crippen MR) is 66.0 cm³/mol. The van der Waals surface area contributed by atoms with Crippen LogP contribution in [0.25, 0.3) is 5.69 Å². The Morgan fingerprint density at radius 2 is 2.00 bits per heavy atom. The molecule has 0 atom stereocenters. The molecule has 2 rings (SSSR count). The Bertz CT molecular complexity index is 617. The number of hydrogen-bond donors (Lipinski definition) is 1. The van der Waals surface area contributed by atoms with Gasteiger partial charge in [-0.1, -0.05) is 6.07 Å². The average molecular weight is 287 g/mol. The molecule has 0 radical (unpaired) electrons. The summed E-state index contributed by atoms with van der Waals surface area (Å²) in [6, 6.07) is 4.88. The lowest BCUT2D eigenvalue weighted by Crippen LogP contribution is -2.17. The van der Waals surface area contributed by atoms with Crippen LogP contribution in [0.1, 0.15) is 17.0 Å². The molecule has 0 aliphatic rings. The summed E-state index contributed by atoms with van der Waals surface area (Å²) in [5, 5.41) is 3.88. The fourth-order valence-corrected chi connectivity index (χ4v) is 2.09. The van der Waals surface area contributed by atoms with E-state index < -0.39 is 17.7 Å². The van der Waals surface area contributed by atoms with Crippen molar-refractivity contribution >= 4 is 0 Å². The standard InChI is InChI=1S/C13H13F4N3/c1-8-11(5-6-18)12(13(15,16)17)20(19-8)10-4-2-3-9(14)7-10/h2-4,7H,5-6,18H2,1H3. The Morgan fingerprint density at radius 1 is 1.30 bits per heavy atom. The minimum Gasteiger partial charge on any atom is -0.330 e. The lowest BCUT2D eigenvalue weighted by atomic mass is 10.1. The second kappa shape index (κ2) is 5.24. The van der Waals surface area contributed by atoms with Crippen molar-refractivity contribution in [2.75, 3.05) is 6.54 Å². The molecule has 20 heavy (non-hydrogen) atoms. The van der Waals surface area contributed by atoms with E-state index in [2.05, 4.69) is 5.10 Å². The monoisotopic (exact) mass is 287 g/mol. The molecule has 2 N–H and O–H groups in total. The van der Waals surface area contributed by atoms with E-state index in [-0.39, 0.29) is 29.9 Å². The predicted octanol–water partition coefficient (Wildman–Crippen LogP) is 2.84. The van der Waals surface area contributed by atoms with Crippen molar-refractivity contribution < 1.29 is 17.6 Å². The number of halogens is 4. The quantitative estimate of drug-likeness (QED) is 0.882. The molecule has 0 unspecified atom stereocenters. The first kappa shape index (κ1) is 14.5. The lowest BCUT2D eigenvalue weighted by Gasteiger charge is -2.12. The average Bonchev–Trinajstić information content (AvgIpc) is 2.67. The van der Waals surface area contributed by atoms with Crippen molar-refractivity contribution in [3.8, 4) is 5.69 Å². The zero-order valence-corrected chi connectivity index (χ0v) is 10.7. The van der Waals surface area contributed by atoms with Crippen LogP contribution in [0.4, 0.5) is 17.6 Å². The second-order valence-corrected chi connectivity index (χ2v) is 4.34. The van der Waals surface area contributed by atoms with Gasteiger partial charge in [0.2, 0.25) is 0 Å². The van der Waals surface area contributed by atoms with Crippen LogP contribution in [0.3, 0.4) is 0 Å². The molecule has 0 amide bonds. The van der Waals surface area contributed by atoms with E-state index >= 15 is 0 Å². The maximum absolute atomic E-state index is 13.2. The number of aromatic nitrogens is 2. The number of aryl methyl sites for hydroxylation is 1. The van der Waals surface area contributed by atoms with Crippen LogP contribution in [0, 0.1) is 12.7 Å². The molecule has 0 fully saturated rings. The van der Waals surface area contributed by atoms with Gasteiger partial charge in [-0.3, -0.25) is 0 Å². The summed E-state index contributed by atoms with van der Waals surface area (Å²) < 4.78 is 53.6. The van der Waals surface area contributed by atoms with Crippen molar-refractivity contribution in [1.82, 2.24) is 9.78 Å². The Labute approximate surface area is 113 Å². The highest BCUT2D eigenvalue weighted by Crippen LogP contribution is 2.35. The van der Waals surface area contributed by atoms with Crippen molar-refractivity contribution in [1.29, 1.82) is 0 Å². The minimum atomic E-state index is -4.59. The third-order valence-corrected chi connectivity index (χ3v) is 2.90. The molecular formula is C13H13F4N3. The van der Waals surface area contributed by atoms with Gasteiger partial charge in [-0.2, -0.15) is 18.3 Å². The summed E-state index contributed by atoms with van der Waals surface area (Å²) in [5.74, 6) is -0.621. The van der Waals surface area contributed by atoms with Crippen molar-refractivity contribution in [2.24, 2.45) is 5.73 Å². The number of alkyl halides is 3. The van der Waals surface area contributed by atoms with Gasteiger partial charge in [-0.05, 0) is 38.1 Å². The van der Waals surface area contributed by atoms with Crippen LogP contribution in [0.15, 0.2) is 24.3 Å². The summed E-state index contributed by atoms with van der Waals surface area (Å²) in [6.45, 7) is 1.56. The summed E-state index contributed by atoms with van der Waals surface area (Å²) >= 11 is 0. The number of rotatable bonds is 3. The van der Waals surface area contributed by atoms with Gasteiger partial charge in [0.05, 0.1) is 11.4 Å². The molecule has 0 aliphatic carbocycles. The van der Waals surface area contributed by atoms with E-state index in [1.165, 1.54) is 19.1 Å². The van der Waals surface area contributed by atoms with Gasteiger partial charge >= 0.3 is 6.18 Å². The van der Waals surface area contributed by atoms with Crippen LogP contribution in [-0.2, 0) is 12.6 Å². The lowest BCUT2D eigenvalue weighted by molar-refractivity contribution is -0.143. The number of hydrogen-bond acceptors (Lipinski definition) is 2. The summed E-state index contributed by atoms with van der Waals surface area (Å²) in [6.07, 6.45) is -4.52.